The van der Waals surface area contributed by atoms with Crippen LogP contribution in [0.3, 0.4) is 0 Å². The van der Waals surface area contributed by atoms with E-state index < -0.39 is 12.0 Å². The maximum absolute atomic E-state index is 10.1. The van der Waals surface area contributed by atoms with Gasteiger partial charge in [0.25, 0.3) is 0 Å². The van der Waals surface area contributed by atoms with Crippen molar-refractivity contribution < 1.29 is 14.7 Å². The van der Waals surface area contributed by atoms with Crippen molar-refractivity contribution in [3.8, 4) is 0 Å². The fraction of sp³-hybridized carbons (Fsp3) is 0.579. The van der Waals surface area contributed by atoms with Crippen molar-refractivity contribution in [1.29, 1.82) is 0 Å². The summed E-state index contributed by atoms with van der Waals surface area (Å²) < 4.78 is 0.937. The molecule has 0 heterocycles. The molecule has 0 aromatic heterocycles. The molecule has 7 N–H and O–H groups in total. The van der Waals surface area contributed by atoms with Gasteiger partial charge in [0.2, 0.25) is 0 Å². The lowest BCUT2D eigenvalue weighted by molar-refractivity contribution is -0.138. The highest BCUT2D eigenvalue weighted by atomic mass is 79.9. The Labute approximate surface area is 164 Å². The van der Waals surface area contributed by atoms with Crippen molar-refractivity contribution in [2.75, 3.05) is 6.54 Å². The second-order valence-electron chi connectivity index (χ2n) is 6.30. The van der Waals surface area contributed by atoms with Gasteiger partial charge in [-0.05, 0) is 44.4 Å². The average molecular weight is 430 g/mol. The number of benzene rings is 1. The van der Waals surface area contributed by atoms with Crippen LogP contribution in [0, 0.1) is 0 Å². The summed E-state index contributed by atoms with van der Waals surface area (Å²) in [5.74, 6) is -0.933. The normalized spacial score (nSPS) is 14.9. The zero-order chi connectivity index (χ0) is 19.8. The summed E-state index contributed by atoms with van der Waals surface area (Å²) in [6.07, 6.45) is 9.65. The number of unbranched alkanes of at least 4 members (excludes halogenated alkanes) is 1. The Hall–Kier alpha value is -1.28. The zero-order valence-electron chi connectivity index (χ0n) is 15.3. The van der Waals surface area contributed by atoms with Crippen molar-refractivity contribution in [2.45, 2.75) is 63.5 Å². The van der Waals surface area contributed by atoms with Gasteiger partial charge >= 0.3 is 5.97 Å². The number of carboxylic acids is 1. The standard InChI is InChI=1S/C7H5BrO.C6H14N2O2.C6H13N/c8-7-3-1-2-6(4-7)5-9;7-4-2-1-3-5(8)6(9)10;7-6-4-2-1-3-5-6/h1-5H;5H,1-4,7-8H2,(H,9,10);6H,1-5,7H2. The van der Waals surface area contributed by atoms with Crippen LogP contribution < -0.4 is 17.2 Å². The van der Waals surface area contributed by atoms with Crippen molar-refractivity contribution in [1.82, 2.24) is 0 Å². The number of hydrogen-bond donors (Lipinski definition) is 4. The quantitative estimate of drug-likeness (QED) is 0.405. The Morgan fingerprint density at radius 1 is 1.27 bits per heavy atom. The molecule has 0 bridgehead atoms. The molecule has 0 spiro atoms. The van der Waals surface area contributed by atoms with Gasteiger partial charge in [-0.25, -0.2) is 0 Å². The SMILES string of the molecule is NC1CCCCC1.NCCCCC(N)C(=O)O.O=Cc1cccc(Br)c1. The van der Waals surface area contributed by atoms with Gasteiger partial charge in [0.05, 0.1) is 0 Å². The van der Waals surface area contributed by atoms with Crippen LogP contribution >= 0.6 is 15.9 Å². The topological polar surface area (TPSA) is 132 Å². The van der Waals surface area contributed by atoms with Gasteiger partial charge in [-0.15, -0.1) is 0 Å². The summed E-state index contributed by atoms with van der Waals surface area (Å²) in [5, 5.41) is 8.33. The third-order valence-electron chi connectivity index (χ3n) is 3.92. The van der Waals surface area contributed by atoms with Crippen LogP contribution in [0.5, 0.6) is 0 Å². The predicted octanol–water partition coefficient (Wildman–Crippen LogP) is 3.07. The second kappa shape index (κ2) is 15.9. The molecule has 1 saturated carbocycles. The maximum atomic E-state index is 10.1. The lowest BCUT2D eigenvalue weighted by Gasteiger charge is -2.15. The molecule has 1 aliphatic rings. The van der Waals surface area contributed by atoms with Crippen molar-refractivity contribution in [2.24, 2.45) is 17.2 Å². The number of carbonyl (C=O) groups excluding carboxylic acids is 1. The van der Waals surface area contributed by atoms with Gasteiger partial charge in [0, 0.05) is 16.1 Å². The van der Waals surface area contributed by atoms with Crippen molar-refractivity contribution >= 4 is 28.2 Å². The molecule has 0 radical (unpaired) electrons. The van der Waals surface area contributed by atoms with Crippen LogP contribution in [0.2, 0.25) is 0 Å². The summed E-state index contributed by atoms with van der Waals surface area (Å²) in [6.45, 7) is 0.604. The number of halogens is 1. The van der Waals surface area contributed by atoms with Gasteiger partial charge in [-0.2, -0.15) is 0 Å². The molecule has 1 aliphatic carbocycles. The fourth-order valence-electron chi connectivity index (χ4n) is 2.35. The van der Waals surface area contributed by atoms with Crippen molar-refractivity contribution in [3.05, 3.63) is 34.3 Å². The third-order valence-corrected chi connectivity index (χ3v) is 4.41. The molecular weight excluding hydrogens is 398 g/mol. The summed E-state index contributed by atoms with van der Waals surface area (Å²) >= 11 is 3.24. The molecule has 0 amide bonds. The molecule has 6 nitrogen and oxygen atoms in total. The first kappa shape index (κ1) is 24.7. The minimum absolute atomic E-state index is 0.520. The number of hydrogen-bond acceptors (Lipinski definition) is 5. The Morgan fingerprint density at radius 3 is 2.31 bits per heavy atom. The van der Waals surface area contributed by atoms with E-state index in [0.717, 1.165) is 23.6 Å². The van der Waals surface area contributed by atoms with E-state index in [0.29, 0.717) is 24.6 Å². The Kier molecular flexibility index (Phi) is 15.2. The highest BCUT2D eigenvalue weighted by molar-refractivity contribution is 9.10. The maximum Gasteiger partial charge on any atom is 0.320 e. The molecule has 0 saturated heterocycles. The Balaban J connectivity index is 0.000000365. The number of aliphatic carboxylic acids is 1. The van der Waals surface area contributed by atoms with Crippen LogP contribution in [0.15, 0.2) is 28.7 Å². The number of nitrogens with two attached hydrogens (primary N) is 3. The first-order valence-corrected chi connectivity index (χ1v) is 9.84. The van der Waals surface area contributed by atoms with Gasteiger partial charge < -0.3 is 22.3 Å². The first-order valence-electron chi connectivity index (χ1n) is 9.05. The van der Waals surface area contributed by atoms with Gasteiger partial charge in [-0.3, -0.25) is 9.59 Å². The summed E-state index contributed by atoms with van der Waals surface area (Å²) in [4.78, 5) is 20.3. The van der Waals surface area contributed by atoms with E-state index in [4.69, 9.17) is 22.3 Å². The molecular formula is C19H32BrN3O3. The van der Waals surface area contributed by atoms with E-state index in [9.17, 15) is 9.59 Å². The molecule has 1 unspecified atom stereocenters. The average Bonchev–Trinajstić information content (AvgIpc) is 2.63. The minimum Gasteiger partial charge on any atom is -0.480 e. The lowest BCUT2D eigenvalue weighted by Crippen LogP contribution is -2.29. The monoisotopic (exact) mass is 429 g/mol. The second-order valence-corrected chi connectivity index (χ2v) is 7.22. The number of carboxylic acid groups (broad SMARTS) is 1. The highest BCUT2D eigenvalue weighted by Crippen LogP contribution is 2.14. The Morgan fingerprint density at radius 2 is 1.92 bits per heavy atom. The summed E-state index contributed by atoms with van der Waals surface area (Å²) in [6, 6.07) is 7.06. The zero-order valence-corrected chi connectivity index (χ0v) is 16.9. The van der Waals surface area contributed by atoms with Gasteiger partial charge in [0.1, 0.15) is 12.3 Å². The highest BCUT2D eigenvalue weighted by Gasteiger charge is 2.09. The summed E-state index contributed by atoms with van der Waals surface area (Å²) in [5.41, 5.74) is 16.8. The number of aldehydes is 1. The fourth-order valence-corrected chi connectivity index (χ4v) is 2.76. The van der Waals surface area contributed by atoms with Gasteiger partial charge in [0.15, 0.2) is 0 Å². The molecule has 7 heteroatoms. The van der Waals surface area contributed by atoms with Crippen LogP contribution in [0.4, 0.5) is 0 Å². The van der Waals surface area contributed by atoms with E-state index in [-0.39, 0.29) is 0 Å². The van der Waals surface area contributed by atoms with E-state index in [2.05, 4.69) is 15.9 Å². The summed E-state index contributed by atoms with van der Waals surface area (Å²) in [7, 11) is 0. The van der Waals surface area contributed by atoms with Crippen LogP contribution in [-0.2, 0) is 4.79 Å². The molecule has 26 heavy (non-hydrogen) atoms. The smallest absolute Gasteiger partial charge is 0.320 e. The predicted molar refractivity (Wildman–Crippen MR) is 109 cm³/mol. The van der Waals surface area contributed by atoms with E-state index in [1.54, 1.807) is 12.1 Å². The molecule has 1 fully saturated rings. The molecule has 1 atom stereocenters. The molecule has 1 aromatic carbocycles. The van der Waals surface area contributed by atoms with Crippen LogP contribution in [-0.4, -0.2) is 36.0 Å². The minimum atomic E-state index is -0.933. The van der Waals surface area contributed by atoms with Crippen molar-refractivity contribution in [3.63, 3.8) is 0 Å². The van der Waals surface area contributed by atoms with Gasteiger partial charge in [-0.1, -0.05) is 53.7 Å². The molecule has 1 aromatic rings. The largest absolute Gasteiger partial charge is 0.480 e. The molecule has 148 valence electrons. The Bertz CT molecular complexity index is 509. The first-order chi connectivity index (χ1) is 12.4. The van der Waals surface area contributed by atoms with E-state index in [1.807, 2.05) is 12.1 Å². The number of carbonyl (C=O) groups is 2. The number of rotatable bonds is 6. The van der Waals surface area contributed by atoms with Crippen LogP contribution in [0.25, 0.3) is 0 Å². The van der Waals surface area contributed by atoms with E-state index in [1.165, 1.54) is 32.1 Å². The van der Waals surface area contributed by atoms with Crippen LogP contribution in [0.1, 0.15) is 61.7 Å². The lowest BCUT2D eigenvalue weighted by atomic mass is 9.97. The molecule has 2 rings (SSSR count). The third kappa shape index (κ3) is 13.9. The molecule has 0 aliphatic heterocycles. The van der Waals surface area contributed by atoms with E-state index >= 15 is 0 Å².